The van der Waals surface area contributed by atoms with E-state index in [-0.39, 0.29) is 35.4 Å². The molecule has 2 heterocycles. The summed E-state index contributed by atoms with van der Waals surface area (Å²) in [6.45, 7) is 2.20. The maximum Gasteiger partial charge on any atom is 0.573 e. The lowest BCUT2D eigenvalue weighted by Gasteiger charge is -2.43. The molecule has 8 heteroatoms. The van der Waals surface area contributed by atoms with Gasteiger partial charge in [0.2, 0.25) is 0 Å². The summed E-state index contributed by atoms with van der Waals surface area (Å²) in [5.41, 5.74) is 1.44. The van der Waals surface area contributed by atoms with Gasteiger partial charge in [0, 0.05) is 30.1 Å². The normalized spacial score (nSPS) is 29.6. The average Bonchev–Trinajstić information content (AvgIpc) is 3.55. The molecule has 3 fully saturated rings. The van der Waals surface area contributed by atoms with Gasteiger partial charge < -0.3 is 25.2 Å². The van der Waals surface area contributed by atoms with Crippen LogP contribution in [0.4, 0.5) is 13.2 Å². The molecule has 0 amide bonds. The van der Waals surface area contributed by atoms with E-state index in [4.69, 9.17) is 4.74 Å². The number of benzene rings is 2. The molecule has 34 heavy (non-hydrogen) atoms. The molecule has 2 aliphatic heterocycles. The summed E-state index contributed by atoms with van der Waals surface area (Å²) < 4.78 is 48.6. The Kier molecular flexibility index (Phi) is 6.25. The van der Waals surface area contributed by atoms with Crippen LogP contribution in [0.1, 0.15) is 50.2 Å². The van der Waals surface area contributed by atoms with E-state index in [1.54, 1.807) is 6.07 Å². The SMILES string of the molecule is C[C@H](O)[C@@H]1C[C@]2(c3ccccc3)N[C@H]1CC[C@H]2NCc1cc(OC(F)(F)F)ccc1OC1CC1. The summed E-state index contributed by atoms with van der Waals surface area (Å²) in [7, 11) is 0. The van der Waals surface area contributed by atoms with Crippen LogP contribution in [0.5, 0.6) is 11.5 Å². The fourth-order valence-corrected chi connectivity index (χ4v) is 5.66. The molecule has 1 saturated carbocycles. The van der Waals surface area contributed by atoms with Crippen LogP contribution >= 0.6 is 0 Å². The number of aliphatic hydroxyl groups excluding tert-OH is 1. The fourth-order valence-electron chi connectivity index (χ4n) is 5.66. The van der Waals surface area contributed by atoms with E-state index in [9.17, 15) is 18.3 Å². The number of rotatable bonds is 8. The molecule has 0 unspecified atom stereocenters. The number of hydrogen-bond acceptors (Lipinski definition) is 5. The van der Waals surface area contributed by atoms with E-state index in [2.05, 4.69) is 27.5 Å². The van der Waals surface area contributed by atoms with Gasteiger partial charge in [-0.1, -0.05) is 30.3 Å². The highest BCUT2D eigenvalue weighted by Gasteiger charge is 2.54. The van der Waals surface area contributed by atoms with Crippen molar-refractivity contribution >= 4 is 0 Å². The van der Waals surface area contributed by atoms with Crippen LogP contribution in [-0.2, 0) is 12.1 Å². The van der Waals surface area contributed by atoms with Crippen molar-refractivity contribution in [2.45, 2.75) is 81.8 Å². The van der Waals surface area contributed by atoms with Crippen LogP contribution in [0.15, 0.2) is 48.5 Å². The Morgan fingerprint density at radius 2 is 1.88 bits per heavy atom. The molecule has 3 N–H and O–H groups in total. The Morgan fingerprint density at radius 1 is 1.12 bits per heavy atom. The predicted octanol–water partition coefficient (Wildman–Crippen LogP) is 4.63. The maximum atomic E-state index is 12.8. The van der Waals surface area contributed by atoms with Crippen molar-refractivity contribution in [1.82, 2.24) is 10.6 Å². The summed E-state index contributed by atoms with van der Waals surface area (Å²) in [5.74, 6) is 0.486. The minimum atomic E-state index is -4.75. The first-order valence-corrected chi connectivity index (χ1v) is 12.0. The van der Waals surface area contributed by atoms with Crippen molar-refractivity contribution in [3.8, 4) is 11.5 Å². The summed E-state index contributed by atoms with van der Waals surface area (Å²) in [4.78, 5) is 0. The topological polar surface area (TPSA) is 62.8 Å². The van der Waals surface area contributed by atoms with Gasteiger partial charge in [-0.2, -0.15) is 0 Å². The Balaban J connectivity index is 1.40. The molecule has 5 nitrogen and oxygen atoms in total. The molecule has 1 aliphatic carbocycles. The second-order valence-electron chi connectivity index (χ2n) is 9.84. The van der Waals surface area contributed by atoms with Gasteiger partial charge in [0.05, 0.1) is 17.7 Å². The second kappa shape index (κ2) is 9.06. The largest absolute Gasteiger partial charge is 0.573 e. The molecule has 2 aromatic carbocycles. The van der Waals surface area contributed by atoms with E-state index < -0.39 is 12.5 Å². The van der Waals surface area contributed by atoms with E-state index in [0.717, 1.165) is 37.7 Å². The minimum Gasteiger partial charge on any atom is -0.490 e. The van der Waals surface area contributed by atoms with Crippen molar-refractivity contribution in [2.24, 2.45) is 5.92 Å². The fraction of sp³-hybridized carbons (Fsp3) is 0.538. The number of ether oxygens (including phenoxy) is 2. The number of aliphatic hydroxyl groups is 1. The highest BCUT2D eigenvalue weighted by molar-refractivity contribution is 5.41. The maximum absolute atomic E-state index is 12.8. The standard InChI is InChI=1S/C26H31F3N2O3/c1-16(32)21-14-25(18-5-3-2-4-6-18)24(12-10-22(21)31-25)30-15-17-13-20(34-26(27,28)29)9-11-23(17)33-19-7-8-19/h2-6,9,11,13,16,19,21-22,24,30-32H,7-8,10,12,14-15H2,1H3/t16-,21-,22-,24+,25+/m0/s1. The van der Waals surface area contributed by atoms with Crippen LogP contribution < -0.4 is 20.1 Å². The Labute approximate surface area is 197 Å². The van der Waals surface area contributed by atoms with Gasteiger partial charge in [0.15, 0.2) is 0 Å². The lowest BCUT2D eigenvalue weighted by molar-refractivity contribution is -0.274. The van der Waals surface area contributed by atoms with Gasteiger partial charge in [-0.05, 0) is 62.8 Å². The quantitative estimate of drug-likeness (QED) is 0.519. The third-order valence-electron chi connectivity index (χ3n) is 7.41. The zero-order valence-electron chi connectivity index (χ0n) is 19.1. The molecule has 2 aromatic rings. The molecular formula is C26H31F3N2O3. The molecule has 0 spiro atoms. The third-order valence-corrected chi connectivity index (χ3v) is 7.41. The van der Waals surface area contributed by atoms with Crippen molar-refractivity contribution in [2.75, 3.05) is 0 Å². The van der Waals surface area contributed by atoms with Crippen molar-refractivity contribution in [3.63, 3.8) is 0 Å². The summed E-state index contributed by atoms with van der Waals surface area (Å²) >= 11 is 0. The van der Waals surface area contributed by atoms with Gasteiger partial charge in [-0.15, -0.1) is 13.2 Å². The van der Waals surface area contributed by atoms with E-state index in [1.165, 1.54) is 12.1 Å². The van der Waals surface area contributed by atoms with Crippen molar-refractivity contribution in [1.29, 1.82) is 0 Å². The average molecular weight is 477 g/mol. The van der Waals surface area contributed by atoms with Gasteiger partial charge in [-0.25, -0.2) is 0 Å². The summed E-state index contributed by atoms with van der Waals surface area (Å²) in [6.07, 6.45) is -0.515. The first-order valence-electron chi connectivity index (χ1n) is 12.0. The third kappa shape index (κ3) is 4.90. The van der Waals surface area contributed by atoms with Crippen LogP contribution in [0.3, 0.4) is 0 Å². The summed E-state index contributed by atoms with van der Waals surface area (Å²) in [6, 6.07) is 14.8. The number of alkyl halides is 3. The van der Waals surface area contributed by atoms with E-state index in [0.29, 0.717) is 17.9 Å². The minimum absolute atomic E-state index is 0.0378. The molecule has 0 radical (unpaired) electrons. The first kappa shape index (κ1) is 23.5. The Morgan fingerprint density at radius 3 is 2.56 bits per heavy atom. The molecule has 2 bridgehead atoms. The van der Waals surface area contributed by atoms with Crippen molar-refractivity contribution < 1.29 is 27.8 Å². The van der Waals surface area contributed by atoms with Crippen LogP contribution in [0.25, 0.3) is 0 Å². The Hall–Kier alpha value is -2.29. The highest BCUT2D eigenvalue weighted by atomic mass is 19.4. The zero-order valence-corrected chi connectivity index (χ0v) is 19.1. The molecule has 184 valence electrons. The first-order chi connectivity index (χ1) is 16.2. The lowest BCUT2D eigenvalue weighted by Crippen LogP contribution is -2.58. The van der Waals surface area contributed by atoms with Gasteiger partial charge in [0.25, 0.3) is 0 Å². The predicted molar refractivity (Wildman–Crippen MR) is 121 cm³/mol. The molecule has 5 atom stereocenters. The number of halogens is 3. The van der Waals surface area contributed by atoms with E-state index in [1.807, 2.05) is 25.1 Å². The zero-order chi connectivity index (χ0) is 23.9. The number of nitrogens with one attached hydrogen (secondary N) is 2. The molecular weight excluding hydrogens is 445 g/mol. The smallest absolute Gasteiger partial charge is 0.490 e. The number of hydrogen-bond donors (Lipinski definition) is 3. The van der Waals surface area contributed by atoms with Gasteiger partial charge in [0.1, 0.15) is 11.5 Å². The van der Waals surface area contributed by atoms with Crippen molar-refractivity contribution in [3.05, 3.63) is 59.7 Å². The Bertz CT molecular complexity index is 997. The molecule has 0 aromatic heterocycles. The van der Waals surface area contributed by atoms with E-state index >= 15 is 0 Å². The second-order valence-corrected chi connectivity index (χ2v) is 9.84. The molecule has 3 aliphatic rings. The van der Waals surface area contributed by atoms with Gasteiger partial charge >= 0.3 is 6.36 Å². The van der Waals surface area contributed by atoms with Gasteiger partial charge in [-0.3, -0.25) is 0 Å². The highest BCUT2D eigenvalue weighted by Crippen LogP contribution is 2.47. The van der Waals surface area contributed by atoms with Crippen LogP contribution in [0, 0.1) is 5.92 Å². The lowest BCUT2D eigenvalue weighted by atomic mass is 9.78. The number of piperidine rings is 1. The molecule has 5 rings (SSSR count). The monoisotopic (exact) mass is 476 g/mol. The summed E-state index contributed by atoms with van der Waals surface area (Å²) in [5, 5.41) is 17.9. The number of fused-ring (bicyclic) bond motifs is 2. The molecule has 2 saturated heterocycles. The van der Waals surface area contributed by atoms with Crippen LogP contribution in [0.2, 0.25) is 0 Å². The van der Waals surface area contributed by atoms with Crippen LogP contribution in [-0.4, -0.2) is 35.8 Å².